The number of halogens is 1. The van der Waals surface area contributed by atoms with Crippen LogP contribution in [0.4, 0.5) is 5.69 Å². The number of likely N-dealkylation sites (N-methyl/N-ethyl adjacent to an activating group) is 1. The minimum atomic E-state index is -0.505. The molecule has 1 atom stereocenters. The second-order valence-electron chi connectivity index (χ2n) is 5.33. The van der Waals surface area contributed by atoms with Crippen molar-refractivity contribution in [2.45, 2.75) is 25.9 Å². The summed E-state index contributed by atoms with van der Waals surface area (Å²) in [6, 6.07) is 5.77. The fourth-order valence-corrected chi connectivity index (χ4v) is 3.15. The Hall–Kier alpha value is -1.07. The predicted octanol–water partition coefficient (Wildman–Crippen LogP) is 2.56. The zero-order chi connectivity index (χ0) is 14.7. The second-order valence-corrected chi connectivity index (χ2v) is 6.18. The first kappa shape index (κ1) is 15.3. The fourth-order valence-electron chi connectivity index (χ4n) is 2.45. The Kier molecular flexibility index (Phi) is 5.05. The van der Waals surface area contributed by atoms with E-state index in [1.165, 1.54) is 0 Å². The van der Waals surface area contributed by atoms with E-state index in [1.807, 2.05) is 35.0 Å². The Morgan fingerprint density at radius 1 is 1.45 bits per heavy atom. The molecular weight excluding hydrogens is 320 g/mol. The Morgan fingerprint density at radius 2 is 2.10 bits per heavy atom. The van der Waals surface area contributed by atoms with Gasteiger partial charge in [0.15, 0.2) is 0 Å². The minimum Gasteiger partial charge on any atom is -0.389 e. The molecule has 4 nitrogen and oxygen atoms in total. The van der Waals surface area contributed by atoms with Crippen LogP contribution in [0.1, 0.15) is 31.4 Å². The van der Waals surface area contributed by atoms with Gasteiger partial charge in [-0.3, -0.25) is 4.79 Å². The lowest BCUT2D eigenvalue weighted by Crippen LogP contribution is -2.37. The first-order valence-corrected chi connectivity index (χ1v) is 7.75. The number of anilines is 1. The molecule has 1 heterocycles. The van der Waals surface area contributed by atoms with Gasteiger partial charge in [-0.15, -0.1) is 0 Å². The molecule has 1 aromatic carbocycles. The van der Waals surface area contributed by atoms with E-state index >= 15 is 0 Å². The third kappa shape index (κ3) is 3.52. The van der Waals surface area contributed by atoms with Crippen LogP contribution in [0.3, 0.4) is 0 Å². The fraction of sp³-hybridized carbons (Fsp3) is 0.533. The van der Waals surface area contributed by atoms with E-state index in [0.717, 1.165) is 41.7 Å². The van der Waals surface area contributed by atoms with Gasteiger partial charge in [-0.2, -0.15) is 0 Å². The SMILES string of the molecule is C[C@@H](O)c1ccc(N(C)CC(=O)N2CCCC2)cc1Br. The zero-order valence-corrected chi connectivity index (χ0v) is 13.6. The summed E-state index contributed by atoms with van der Waals surface area (Å²) in [6.07, 6.45) is 1.73. The maximum Gasteiger partial charge on any atom is 0.242 e. The van der Waals surface area contributed by atoms with Gasteiger partial charge in [-0.1, -0.05) is 22.0 Å². The van der Waals surface area contributed by atoms with Crippen molar-refractivity contribution in [3.63, 3.8) is 0 Å². The number of carbonyl (C=O) groups excluding carboxylic acids is 1. The first-order valence-electron chi connectivity index (χ1n) is 6.95. The van der Waals surface area contributed by atoms with E-state index in [0.29, 0.717) is 6.54 Å². The van der Waals surface area contributed by atoms with Gasteiger partial charge in [0.25, 0.3) is 0 Å². The number of nitrogens with zero attached hydrogens (tertiary/aromatic N) is 2. The average Bonchev–Trinajstić information content (AvgIpc) is 2.91. The van der Waals surface area contributed by atoms with Gasteiger partial charge in [0, 0.05) is 30.3 Å². The lowest BCUT2D eigenvalue weighted by Gasteiger charge is -2.23. The summed E-state index contributed by atoms with van der Waals surface area (Å²) in [7, 11) is 1.91. The molecule has 1 N–H and O–H groups in total. The molecule has 1 fully saturated rings. The molecule has 2 rings (SSSR count). The number of carbonyl (C=O) groups is 1. The number of aliphatic hydroxyl groups excluding tert-OH is 1. The molecule has 0 aromatic heterocycles. The molecule has 1 saturated heterocycles. The number of benzene rings is 1. The summed E-state index contributed by atoms with van der Waals surface area (Å²) in [6.45, 7) is 3.90. The van der Waals surface area contributed by atoms with Crippen molar-refractivity contribution in [3.8, 4) is 0 Å². The van der Waals surface area contributed by atoms with Crippen molar-refractivity contribution in [2.24, 2.45) is 0 Å². The van der Waals surface area contributed by atoms with Gasteiger partial charge in [-0.05, 0) is 37.5 Å². The summed E-state index contributed by atoms with van der Waals surface area (Å²) in [5.41, 5.74) is 1.82. The highest BCUT2D eigenvalue weighted by atomic mass is 79.9. The maximum absolute atomic E-state index is 12.1. The molecule has 0 unspecified atom stereocenters. The van der Waals surface area contributed by atoms with Crippen molar-refractivity contribution >= 4 is 27.5 Å². The van der Waals surface area contributed by atoms with Crippen LogP contribution in [0.15, 0.2) is 22.7 Å². The van der Waals surface area contributed by atoms with Crippen molar-refractivity contribution in [1.29, 1.82) is 0 Å². The van der Waals surface area contributed by atoms with Crippen LogP contribution in [-0.2, 0) is 4.79 Å². The third-order valence-corrected chi connectivity index (χ3v) is 4.39. The van der Waals surface area contributed by atoms with Gasteiger partial charge >= 0.3 is 0 Å². The molecule has 20 heavy (non-hydrogen) atoms. The average molecular weight is 341 g/mol. The van der Waals surface area contributed by atoms with Gasteiger partial charge in [0.05, 0.1) is 12.6 Å². The zero-order valence-electron chi connectivity index (χ0n) is 12.0. The Balaban J connectivity index is 2.03. The summed E-state index contributed by atoms with van der Waals surface area (Å²) in [4.78, 5) is 16.0. The van der Waals surface area contributed by atoms with E-state index in [2.05, 4.69) is 15.9 Å². The third-order valence-electron chi connectivity index (χ3n) is 3.71. The number of likely N-dealkylation sites (tertiary alicyclic amines) is 1. The largest absolute Gasteiger partial charge is 0.389 e. The minimum absolute atomic E-state index is 0.181. The van der Waals surface area contributed by atoms with Crippen molar-refractivity contribution in [2.75, 3.05) is 31.6 Å². The normalized spacial score (nSPS) is 16.3. The standard InChI is InChI=1S/C15H21BrN2O2/c1-11(19)13-6-5-12(9-14(13)16)17(2)10-15(20)18-7-3-4-8-18/h5-6,9,11,19H,3-4,7-8,10H2,1-2H3/t11-/m1/s1. The number of aliphatic hydroxyl groups is 1. The molecule has 5 heteroatoms. The molecule has 0 radical (unpaired) electrons. The highest BCUT2D eigenvalue weighted by Crippen LogP contribution is 2.27. The molecule has 1 amide bonds. The smallest absolute Gasteiger partial charge is 0.242 e. The van der Waals surface area contributed by atoms with Crippen LogP contribution < -0.4 is 4.90 Å². The molecule has 1 aliphatic heterocycles. The maximum atomic E-state index is 12.1. The van der Waals surface area contributed by atoms with Crippen molar-refractivity contribution in [3.05, 3.63) is 28.2 Å². The van der Waals surface area contributed by atoms with Crippen LogP contribution in [0.5, 0.6) is 0 Å². The molecule has 110 valence electrons. The van der Waals surface area contributed by atoms with Crippen LogP contribution >= 0.6 is 15.9 Å². The molecular formula is C15H21BrN2O2. The lowest BCUT2D eigenvalue weighted by molar-refractivity contribution is -0.128. The molecule has 0 saturated carbocycles. The second kappa shape index (κ2) is 6.59. The van der Waals surface area contributed by atoms with Gasteiger partial charge in [0.1, 0.15) is 0 Å². The van der Waals surface area contributed by atoms with Gasteiger partial charge in [0.2, 0.25) is 5.91 Å². The van der Waals surface area contributed by atoms with E-state index in [-0.39, 0.29) is 5.91 Å². The van der Waals surface area contributed by atoms with E-state index in [9.17, 15) is 9.90 Å². The van der Waals surface area contributed by atoms with Gasteiger partial charge in [-0.25, -0.2) is 0 Å². The topological polar surface area (TPSA) is 43.8 Å². The summed E-state index contributed by atoms with van der Waals surface area (Å²) < 4.78 is 0.866. The Labute approximate surface area is 128 Å². The highest BCUT2D eigenvalue weighted by molar-refractivity contribution is 9.10. The van der Waals surface area contributed by atoms with E-state index in [4.69, 9.17) is 0 Å². The first-order chi connectivity index (χ1) is 9.49. The van der Waals surface area contributed by atoms with Crippen molar-refractivity contribution in [1.82, 2.24) is 4.90 Å². The molecule has 0 spiro atoms. The summed E-state index contributed by atoms with van der Waals surface area (Å²) in [5.74, 6) is 0.181. The summed E-state index contributed by atoms with van der Waals surface area (Å²) in [5, 5.41) is 9.62. The summed E-state index contributed by atoms with van der Waals surface area (Å²) >= 11 is 3.47. The monoisotopic (exact) mass is 340 g/mol. The van der Waals surface area contributed by atoms with Crippen LogP contribution in [0, 0.1) is 0 Å². The number of hydrogen-bond donors (Lipinski definition) is 1. The Bertz CT molecular complexity index is 485. The number of amides is 1. The molecule has 1 aromatic rings. The Morgan fingerprint density at radius 3 is 2.65 bits per heavy atom. The predicted molar refractivity (Wildman–Crippen MR) is 83.9 cm³/mol. The number of hydrogen-bond acceptors (Lipinski definition) is 3. The molecule has 0 bridgehead atoms. The van der Waals surface area contributed by atoms with Crippen LogP contribution in [0.25, 0.3) is 0 Å². The van der Waals surface area contributed by atoms with E-state index in [1.54, 1.807) is 6.92 Å². The molecule has 1 aliphatic rings. The van der Waals surface area contributed by atoms with Crippen molar-refractivity contribution < 1.29 is 9.90 Å². The van der Waals surface area contributed by atoms with Gasteiger partial charge < -0.3 is 14.9 Å². The number of rotatable bonds is 4. The van der Waals surface area contributed by atoms with E-state index < -0.39 is 6.10 Å². The quantitative estimate of drug-likeness (QED) is 0.915. The van der Waals surface area contributed by atoms with Crippen LogP contribution in [0.2, 0.25) is 0 Å². The highest BCUT2D eigenvalue weighted by Gasteiger charge is 2.19. The molecule has 0 aliphatic carbocycles. The van der Waals surface area contributed by atoms with Crippen LogP contribution in [-0.4, -0.2) is 42.6 Å². The lowest BCUT2D eigenvalue weighted by atomic mass is 10.1.